The van der Waals surface area contributed by atoms with Gasteiger partial charge in [-0.3, -0.25) is 0 Å². The standard InChI is InChI=1S/C17H22F3N5O/c1-25(2)10-6-9-21-16-23-14(17(18,19)20)11-15(24-16)22-12-7-4-5-8-13(12)26-3/h4-5,7-8,11H,6,9-10H2,1-3H3,(H2,21,22,23,24). The van der Waals surface area contributed by atoms with Crippen molar-refractivity contribution in [2.75, 3.05) is 44.9 Å². The Morgan fingerprint density at radius 3 is 2.54 bits per heavy atom. The molecule has 0 bridgehead atoms. The quantitative estimate of drug-likeness (QED) is 0.693. The van der Waals surface area contributed by atoms with Crippen LogP contribution in [0.15, 0.2) is 30.3 Å². The van der Waals surface area contributed by atoms with E-state index in [4.69, 9.17) is 4.74 Å². The van der Waals surface area contributed by atoms with E-state index in [2.05, 4.69) is 20.6 Å². The number of rotatable bonds is 8. The first-order valence-electron chi connectivity index (χ1n) is 8.04. The van der Waals surface area contributed by atoms with Crippen molar-refractivity contribution in [1.82, 2.24) is 14.9 Å². The molecule has 0 saturated carbocycles. The predicted octanol–water partition coefficient (Wildman–Crippen LogP) is 3.61. The predicted molar refractivity (Wildman–Crippen MR) is 95.0 cm³/mol. The van der Waals surface area contributed by atoms with Crippen molar-refractivity contribution >= 4 is 17.5 Å². The number of benzene rings is 1. The Balaban J connectivity index is 2.23. The van der Waals surface area contributed by atoms with Crippen LogP contribution in [0.25, 0.3) is 0 Å². The maximum Gasteiger partial charge on any atom is 0.433 e. The SMILES string of the molecule is COc1ccccc1Nc1cc(C(F)(F)F)nc(NCCCN(C)C)n1. The Hall–Kier alpha value is -2.55. The Kier molecular flexibility index (Phi) is 6.62. The van der Waals surface area contributed by atoms with E-state index in [9.17, 15) is 13.2 Å². The number of nitrogens with zero attached hydrogens (tertiary/aromatic N) is 3. The van der Waals surface area contributed by atoms with Crippen LogP contribution in [0, 0.1) is 0 Å². The molecule has 9 heteroatoms. The van der Waals surface area contributed by atoms with E-state index in [0.29, 0.717) is 18.0 Å². The van der Waals surface area contributed by atoms with Gasteiger partial charge in [0.25, 0.3) is 0 Å². The average molecular weight is 369 g/mol. The van der Waals surface area contributed by atoms with Gasteiger partial charge in [-0.2, -0.15) is 18.2 Å². The normalized spacial score (nSPS) is 11.5. The second-order valence-corrected chi connectivity index (χ2v) is 5.87. The molecule has 1 heterocycles. The monoisotopic (exact) mass is 369 g/mol. The molecule has 0 atom stereocenters. The molecule has 2 aromatic rings. The highest BCUT2D eigenvalue weighted by molar-refractivity contribution is 5.64. The lowest BCUT2D eigenvalue weighted by atomic mass is 10.3. The number of nitrogens with one attached hydrogen (secondary N) is 2. The zero-order valence-corrected chi connectivity index (χ0v) is 14.9. The summed E-state index contributed by atoms with van der Waals surface area (Å²) >= 11 is 0. The molecule has 26 heavy (non-hydrogen) atoms. The van der Waals surface area contributed by atoms with Crippen LogP contribution in [-0.2, 0) is 6.18 Å². The summed E-state index contributed by atoms with van der Waals surface area (Å²) in [6.45, 7) is 1.27. The van der Waals surface area contributed by atoms with Crippen LogP contribution in [0.4, 0.5) is 30.6 Å². The van der Waals surface area contributed by atoms with Crippen LogP contribution >= 0.6 is 0 Å². The molecule has 2 N–H and O–H groups in total. The van der Waals surface area contributed by atoms with E-state index in [1.807, 2.05) is 19.0 Å². The molecule has 142 valence electrons. The minimum atomic E-state index is -4.57. The molecule has 0 unspecified atom stereocenters. The summed E-state index contributed by atoms with van der Waals surface area (Å²) < 4.78 is 44.6. The van der Waals surface area contributed by atoms with E-state index in [1.165, 1.54) is 7.11 Å². The molecule has 0 aliphatic rings. The molecule has 0 amide bonds. The van der Waals surface area contributed by atoms with Crippen molar-refractivity contribution in [3.63, 3.8) is 0 Å². The van der Waals surface area contributed by atoms with Crippen LogP contribution in [0.3, 0.4) is 0 Å². The molecular weight excluding hydrogens is 347 g/mol. The number of hydrogen-bond acceptors (Lipinski definition) is 6. The van der Waals surface area contributed by atoms with E-state index < -0.39 is 11.9 Å². The van der Waals surface area contributed by atoms with Crippen LogP contribution in [-0.4, -0.2) is 49.2 Å². The van der Waals surface area contributed by atoms with Crippen molar-refractivity contribution in [1.29, 1.82) is 0 Å². The van der Waals surface area contributed by atoms with Gasteiger partial charge in [0.1, 0.15) is 11.6 Å². The second-order valence-electron chi connectivity index (χ2n) is 5.87. The Bertz CT molecular complexity index is 722. The van der Waals surface area contributed by atoms with Gasteiger partial charge in [0.2, 0.25) is 5.95 Å². The number of ether oxygens (including phenoxy) is 1. The zero-order valence-electron chi connectivity index (χ0n) is 14.9. The summed E-state index contributed by atoms with van der Waals surface area (Å²) in [6, 6.07) is 7.78. The highest BCUT2D eigenvalue weighted by Crippen LogP contribution is 2.32. The van der Waals surface area contributed by atoms with E-state index in [0.717, 1.165) is 19.0 Å². The lowest BCUT2D eigenvalue weighted by Gasteiger charge is -2.14. The van der Waals surface area contributed by atoms with Crippen molar-refractivity contribution in [3.8, 4) is 5.75 Å². The molecular formula is C17H22F3N5O. The third-order valence-corrected chi connectivity index (χ3v) is 3.45. The van der Waals surface area contributed by atoms with Gasteiger partial charge in [-0.1, -0.05) is 12.1 Å². The Morgan fingerprint density at radius 1 is 1.15 bits per heavy atom. The van der Waals surface area contributed by atoms with Gasteiger partial charge in [0, 0.05) is 12.6 Å². The molecule has 0 fully saturated rings. The van der Waals surface area contributed by atoms with E-state index in [-0.39, 0.29) is 11.8 Å². The van der Waals surface area contributed by atoms with Gasteiger partial charge in [0.15, 0.2) is 5.69 Å². The number of alkyl halides is 3. The number of para-hydroxylation sites is 2. The van der Waals surface area contributed by atoms with Gasteiger partial charge >= 0.3 is 6.18 Å². The molecule has 6 nitrogen and oxygen atoms in total. The fourth-order valence-electron chi connectivity index (χ4n) is 2.22. The number of anilines is 3. The van der Waals surface area contributed by atoms with Gasteiger partial charge in [0.05, 0.1) is 12.8 Å². The third kappa shape index (κ3) is 5.76. The molecule has 0 aliphatic heterocycles. The van der Waals surface area contributed by atoms with Crippen molar-refractivity contribution in [2.24, 2.45) is 0 Å². The first-order valence-corrected chi connectivity index (χ1v) is 8.04. The Labute approximate surface area is 150 Å². The first-order chi connectivity index (χ1) is 12.3. The summed E-state index contributed by atoms with van der Waals surface area (Å²) in [7, 11) is 5.34. The summed E-state index contributed by atoms with van der Waals surface area (Å²) in [5, 5.41) is 5.71. The van der Waals surface area contributed by atoms with E-state index >= 15 is 0 Å². The minimum absolute atomic E-state index is 0.0342. The Morgan fingerprint density at radius 2 is 1.88 bits per heavy atom. The maximum absolute atomic E-state index is 13.1. The number of hydrogen-bond donors (Lipinski definition) is 2. The van der Waals surface area contributed by atoms with Crippen LogP contribution in [0.1, 0.15) is 12.1 Å². The zero-order chi connectivity index (χ0) is 19.2. The van der Waals surface area contributed by atoms with E-state index in [1.54, 1.807) is 24.3 Å². The highest BCUT2D eigenvalue weighted by atomic mass is 19.4. The highest BCUT2D eigenvalue weighted by Gasteiger charge is 2.33. The van der Waals surface area contributed by atoms with Crippen molar-refractivity contribution < 1.29 is 17.9 Å². The number of aromatic nitrogens is 2. The van der Waals surface area contributed by atoms with Gasteiger partial charge in [-0.05, 0) is 39.2 Å². The first kappa shape index (κ1) is 19.8. The van der Waals surface area contributed by atoms with Gasteiger partial charge in [-0.15, -0.1) is 0 Å². The molecule has 1 aromatic carbocycles. The fraction of sp³-hybridized carbons (Fsp3) is 0.412. The molecule has 2 rings (SSSR count). The number of halogens is 3. The second kappa shape index (κ2) is 8.70. The third-order valence-electron chi connectivity index (χ3n) is 3.45. The lowest BCUT2D eigenvalue weighted by molar-refractivity contribution is -0.141. The fourth-order valence-corrected chi connectivity index (χ4v) is 2.22. The van der Waals surface area contributed by atoms with Gasteiger partial charge < -0.3 is 20.3 Å². The molecule has 0 radical (unpaired) electrons. The lowest BCUT2D eigenvalue weighted by Crippen LogP contribution is -2.18. The van der Waals surface area contributed by atoms with Crippen molar-refractivity contribution in [2.45, 2.75) is 12.6 Å². The van der Waals surface area contributed by atoms with Gasteiger partial charge in [-0.25, -0.2) is 4.98 Å². The number of methoxy groups -OCH3 is 1. The largest absolute Gasteiger partial charge is 0.495 e. The molecule has 1 aromatic heterocycles. The summed E-state index contributed by atoms with van der Waals surface area (Å²) in [6.07, 6.45) is -3.82. The molecule has 0 saturated heterocycles. The summed E-state index contributed by atoms with van der Waals surface area (Å²) in [4.78, 5) is 9.69. The van der Waals surface area contributed by atoms with Crippen LogP contribution < -0.4 is 15.4 Å². The molecule has 0 spiro atoms. The topological polar surface area (TPSA) is 62.3 Å². The minimum Gasteiger partial charge on any atom is -0.495 e. The average Bonchev–Trinajstić information content (AvgIpc) is 2.58. The molecule has 0 aliphatic carbocycles. The smallest absolute Gasteiger partial charge is 0.433 e. The summed E-state index contributed by atoms with van der Waals surface area (Å²) in [5.74, 6) is 0.461. The summed E-state index contributed by atoms with van der Waals surface area (Å²) in [5.41, 5.74) is -0.500. The van der Waals surface area contributed by atoms with Crippen LogP contribution in [0.5, 0.6) is 5.75 Å². The van der Waals surface area contributed by atoms with Crippen LogP contribution in [0.2, 0.25) is 0 Å². The van der Waals surface area contributed by atoms with Crippen molar-refractivity contribution in [3.05, 3.63) is 36.0 Å². The maximum atomic E-state index is 13.1.